The molecule has 0 aliphatic heterocycles. The molecule has 128 valence electrons. The van der Waals surface area contributed by atoms with Crippen LogP contribution in [-0.2, 0) is 0 Å². The molecule has 0 bridgehead atoms. The van der Waals surface area contributed by atoms with Crippen LogP contribution in [0.5, 0.6) is 0 Å². The average molecular weight is 372 g/mol. The number of benzene rings is 2. The van der Waals surface area contributed by atoms with E-state index >= 15 is 0 Å². The maximum Gasteiger partial charge on any atom is 0.196 e. The van der Waals surface area contributed by atoms with Crippen LogP contribution in [0.25, 0.3) is 5.69 Å². The van der Waals surface area contributed by atoms with Gasteiger partial charge in [-0.05, 0) is 50.6 Å². The lowest BCUT2D eigenvalue weighted by Gasteiger charge is -2.13. The van der Waals surface area contributed by atoms with Gasteiger partial charge in [-0.25, -0.2) is 0 Å². The molecular formula is C19H18ClN3OS. The van der Waals surface area contributed by atoms with Crippen molar-refractivity contribution in [3.63, 3.8) is 0 Å². The van der Waals surface area contributed by atoms with Gasteiger partial charge in [0.1, 0.15) is 6.33 Å². The van der Waals surface area contributed by atoms with Crippen LogP contribution in [0.3, 0.4) is 0 Å². The van der Waals surface area contributed by atoms with Crippen LogP contribution in [0.1, 0.15) is 28.4 Å². The van der Waals surface area contributed by atoms with E-state index in [4.69, 9.17) is 11.6 Å². The highest BCUT2D eigenvalue weighted by molar-refractivity contribution is 8.00. The first-order valence-electron chi connectivity index (χ1n) is 7.90. The summed E-state index contributed by atoms with van der Waals surface area (Å²) < 4.78 is 1.84. The van der Waals surface area contributed by atoms with Gasteiger partial charge in [0.05, 0.1) is 10.9 Å². The third-order valence-electron chi connectivity index (χ3n) is 3.91. The fraction of sp³-hybridized carbons (Fsp3) is 0.211. The summed E-state index contributed by atoms with van der Waals surface area (Å²) in [7, 11) is 0. The highest BCUT2D eigenvalue weighted by Gasteiger charge is 2.21. The minimum absolute atomic E-state index is 0.0897. The van der Waals surface area contributed by atoms with Gasteiger partial charge in [0.15, 0.2) is 10.9 Å². The smallest absolute Gasteiger partial charge is 0.196 e. The quantitative estimate of drug-likeness (QED) is 0.472. The van der Waals surface area contributed by atoms with Crippen molar-refractivity contribution in [3.8, 4) is 5.69 Å². The number of nitrogens with zero attached hydrogens (tertiary/aromatic N) is 3. The number of aromatic nitrogens is 3. The van der Waals surface area contributed by atoms with Gasteiger partial charge >= 0.3 is 0 Å². The molecule has 0 amide bonds. The molecule has 0 fully saturated rings. The first kappa shape index (κ1) is 17.7. The predicted octanol–water partition coefficient (Wildman–Crippen LogP) is 4.90. The molecule has 0 aliphatic rings. The number of hydrogen-bond acceptors (Lipinski definition) is 4. The second kappa shape index (κ2) is 7.42. The summed E-state index contributed by atoms with van der Waals surface area (Å²) in [6.45, 7) is 5.84. The molecule has 3 rings (SSSR count). The van der Waals surface area contributed by atoms with Gasteiger partial charge in [0.25, 0.3) is 0 Å². The molecule has 0 spiro atoms. The number of halogens is 1. The topological polar surface area (TPSA) is 47.8 Å². The van der Waals surface area contributed by atoms with Crippen molar-refractivity contribution in [2.45, 2.75) is 31.2 Å². The minimum Gasteiger partial charge on any atom is -0.293 e. The van der Waals surface area contributed by atoms with Crippen molar-refractivity contribution in [2.24, 2.45) is 0 Å². The van der Waals surface area contributed by atoms with E-state index in [0.29, 0.717) is 10.2 Å². The summed E-state index contributed by atoms with van der Waals surface area (Å²) in [5, 5.41) is 9.17. The summed E-state index contributed by atoms with van der Waals surface area (Å²) >= 11 is 7.46. The number of rotatable bonds is 5. The van der Waals surface area contributed by atoms with E-state index in [-0.39, 0.29) is 11.0 Å². The van der Waals surface area contributed by atoms with E-state index in [1.54, 1.807) is 6.33 Å². The minimum atomic E-state index is -0.275. The Morgan fingerprint density at radius 1 is 1.20 bits per heavy atom. The molecule has 0 saturated carbocycles. The Kier molecular flexibility index (Phi) is 5.25. The van der Waals surface area contributed by atoms with Crippen LogP contribution in [0.2, 0.25) is 5.02 Å². The highest BCUT2D eigenvalue weighted by Crippen LogP contribution is 2.27. The maximum atomic E-state index is 12.8. The van der Waals surface area contributed by atoms with Crippen molar-refractivity contribution in [2.75, 3.05) is 0 Å². The van der Waals surface area contributed by atoms with Crippen LogP contribution in [0.4, 0.5) is 0 Å². The van der Waals surface area contributed by atoms with E-state index in [1.807, 2.05) is 67.8 Å². The number of carbonyl (C=O) groups is 1. The maximum absolute atomic E-state index is 12.8. The number of thioether (sulfide) groups is 1. The molecule has 6 heteroatoms. The molecule has 25 heavy (non-hydrogen) atoms. The Morgan fingerprint density at radius 2 is 2.00 bits per heavy atom. The SMILES string of the molecule is Cc1ccc(C)c(C(=O)C(C)Sc2nncn2-c2cccc(Cl)c2)c1. The van der Waals surface area contributed by atoms with Crippen molar-refractivity contribution >= 4 is 29.1 Å². The van der Waals surface area contributed by atoms with Crippen molar-refractivity contribution < 1.29 is 4.79 Å². The summed E-state index contributed by atoms with van der Waals surface area (Å²) in [5.41, 5.74) is 3.69. The lowest BCUT2D eigenvalue weighted by atomic mass is 10.0. The summed E-state index contributed by atoms with van der Waals surface area (Å²) in [5.74, 6) is 0.0897. The monoisotopic (exact) mass is 371 g/mol. The van der Waals surface area contributed by atoms with Gasteiger partial charge in [-0.1, -0.05) is 47.1 Å². The zero-order valence-electron chi connectivity index (χ0n) is 14.2. The van der Waals surface area contributed by atoms with E-state index in [9.17, 15) is 4.79 Å². The van der Waals surface area contributed by atoms with Crippen LogP contribution < -0.4 is 0 Å². The predicted molar refractivity (Wildman–Crippen MR) is 102 cm³/mol. The molecule has 0 saturated heterocycles. The van der Waals surface area contributed by atoms with Crippen molar-refractivity contribution in [1.82, 2.24) is 14.8 Å². The molecule has 4 nitrogen and oxygen atoms in total. The van der Waals surface area contributed by atoms with Gasteiger partial charge in [0, 0.05) is 10.6 Å². The molecule has 1 atom stereocenters. The molecule has 1 unspecified atom stereocenters. The molecule has 0 N–H and O–H groups in total. The van der Waals surface area contributed by atoms with E-state index in [1.165, 1.54) is 11.8 Å². The normalized spacial score (nSPS) is 12.2. The first-order valence-corrected chi connectivity index (χ1v) is 9.15. The summed E-state index contributed by atoms with van der Waals surface area (Å²) in [4.78, 5) is 12.8. The molecule has 2 aromatic carbocycles. The Bertz CT molecular complexity index is 923. The Labute approximate surface area is 156 Å². The van der Waals surface area contributed by atoms with Gasteiger partial charge in [0.2, 0.25) is 0 Å². The number of hydrogen-bond donors (Lipinski definition) is 0. The Balaban J connectivity index is 1.85. The van der Waals surface area contributed by atoms with Crippen molar-refractivity contribution in [1.29, 1.82) is 0 Å². The lowest BCUT2D eigenvalue weighted by molar-refractivity contribution is 0.0993. The third-order valence-corrected chi connectivity index (χ3v) is 5.20. The Hall–Kier alpha value is -2.11. The fourth-order valence-electron chi connectivity index (χ4n) is 2.54. The van der Waals surface area contributed by atoms with Crippen LogP contribution in [0.15, 0.2) is 53.9 Å². The van der Waals surface area contributed by atoms with Gasteiger partial charge in [-0.3, -0.25) is 9.36 Å². The molecule has 3 aromatic rings. The second-order valence-corrected chi connectivity index (χ2v) is 7.65. The molecule has 1 heterocycles. The largest absolute Gasteiger partial charge is 0.293 e. The number of Topliss-reactive ketones (excluding diaryl/α,β-unsaturated/α-hetero) is 1. The third kappa shape index (κ3) is 3.94. The van der Waals surface area contributed by atoms with Crippen molar-refractivity contribution in [3.05, 3.63) is 70.5 Å². The van der Waals surface area contributed by atoms with Gasteiger partial charge in [-0.2, -0.15) is 0 Å². The number of aryl methyl sites for hydroxylation is 2. The van der Waals surface area contributed by atoms with E-state index in [2.05, 4.69) is 10.2 Å². The van der Waals surface area contributed by atoms with Crippen LogP contribution >= 0.6 is 23.4 Å². The zero-order valence-corrected chi connectivity index (χ0v) is 15.8. The number of carbonyl (C=O) groups excluding carboxylic acids is 1. The Morgan fingerprint density at radius 3 is 2.76 bits per heavy atom. The van der Waals surface area contributed by atoms with Gasteiger partial charge < -0.3 is 0 Å². The summed E-state index contributed by atoms with van der Waals surface area (Å²) in [6, 6.07) is 13.4. The second-order valence-electron chi connectivity index (χ2n) is 5.91. The van der Waals surface area contributed by atoms with Gasteiger partial charge in [-0.15, -0.1) is 10.2 Å². The van der Waals surface area contributed by atoms with E-state index < -0.39 is 0 Å². The average Bonchev–Trinajstić information content (AvgIpc) is 3.04. The molecular weight excluding hydrogens is 354 g/mol. The lowest BCUT2D eigenvalue weighted by Crippen LogP contribution is -2.16. The van der Waals surface area contributed by atoms with E-state index in [0.717, 1.165) is 22.4 Å². The van der Waals surface area contributed by atoms with Crippen LogP contribution in [0, 0.1) is 13.8 Å². The first-order chi connectivity index (χ1) is 12.0. The van der Waals surface area contributed by atoms with Crippen LogP contribution in [-0.4, -0.2) is 25.8 Å². The molecule has 0 aliphatic carbocycles. The summed E-state index contributed by atoms with van der Waals surface area (Å²) in [6.07, 6.45) is 1.63. The highest BCUT2D eigenvalue weighted by atomic mass is 35.5. The molecule has 1 aromatic heterocycles. The molecule has 0 radical (unpaired) electrons. The zero-order chi connectivity index (χ0) is 18.0. The standard InChI is InChI=1S/C19H18ClN3OS/c1-12-7-8-13(2)17(9-12)18(24)14(3)25-19-22-21-11-23(19)16-6-4-5-15(20)10-16/h4-11,14H,1-3H3. The fourth-order valence-corrected chi connectivity index (χ4v) is 3.63. The number of ketones is 1.